The summed E-state index contributed by atoms with van der Waals surface area (Å²) in [5, 5.41) is 9.05. The quantitative estimate of drug-likeness (QED) is 0.548. The lowest BCUT2D eigenvalue weighted by molar-refractivity contribution is 0.302. The van der Waals surface area contributed by atoms with Crippen LogP contribution in [-0.2, 0) is 0 Å². The van der Waals surface area contributed by atoms with E-state index in [1.165, 1.54) is 31.0 Å². The van der Waals surface area contributed by atoms with Crippen LogP contribution >= 0.6 is 0 Å². The molecular formula is C15H25FO2Si. The number of hydrogen-bond donors (Lipinski definition) is 1. The molecule has 0 saturated heterocycles. The van der Waals surface area contributed by atoms with E-state index in [1.807, 2.05) is 0 Å². The topological polar surface area (TPSA) is 29.5 Å². The highest BCUT2D eigenvalue weighted by atomic mass is 28.3. The summed E-state index contributed by atoms with van der Waals surface area (Å²) in [7, 11) is -0.887. The third kappa shape index (κ3) is 7.21. The second kappa shape index (κ2) is 7.53. The minimum Gasteiger partial charge on any atom is -0.505 e. The van der Waals surface area contributed by atoms with Gasteiger partial charge >= 0.3 is 0 Å². The van der Waals surface area contributed by atoms with Gasteiger partial charge in [0.25, 0.3) is 0 Å². The van der Waals surface area contributed by atoms with Crippen LogP contribution in [0.2, 0.25) is 25.7 Å². The van der Waals surface area contributed by atoms with Gasteiger partial charge in [0, 0.05) is 14.1 Å². The van der Waals surface area contributed by atoms with Crippen LogP contribution in [0, 0.1) is 5.82 Å². The van der Waals surface area contributed by atoms with Crippen LogP contribution in [-0.4, -0.2) is 19.8 Å². The van der Waals surface area contributed by atoms with Crippen molar-refractivity contribution in [2.45, 2.75) is 51.4 Å². The van der Waals surface area contributed by atoms with Crippen LogP contribution in [0.3, 0.4) is 0 Å². The van der Waals surface area contributed by atoms with Crippen molar-refractivity contribution in [1.29, 1.82) is 0 Å². The maximum atomic E-state index is 13.0. The average molecular weight is 284 g/mol. The van der Waals surface area contributed by atoms with Crippen molar-refractivity contribution in [1.82, 2.24) is 0 Å². The zero-order valence-electron chi connectivity index (χ0n) is 12.2. The molecule has 1 rings (SSSR count). The Morgan fingerprint density at radius 1 is 1.11 bits per heavy atom. The second-order valence-corrected chi connectivity index (χ2v) is 11.8. The molecule has 0 aliphatic rings. The van der Waals surface area contributed by atoms with Gasteiger partial charge in [-0.25, -0.2) is 4.39 Å². The van der Waals surface area contributed by atoms with Gasteiger partial charge in [0.05, 0.1) is 6.61 Å². The minimum atomic E-state index is -0.887. The van der Waals surface area contributed by atoms with Crippen LogP contribution in [0.5, 0.6) is 11.5 Å². The van der Waals surface area contributed by atoms with Crippen molar-refractivity contribution in [2.75, 3.05) is 6.61 Å². The fraction of sp³-hybridized carbons (Fsp3) is 0.600. The average Bonchev–Trinajstić information content (AvgIpc) is 2.31. The van der Waals surface area contributed by atoms with Crippen molar-refractivity contribution >= 4 is 8.07 Å². The van der Waals surface area contributed by atoms with Crippen LogP contribution in [0.1, 0.15) is 25.7 Å². The van der Waals surface area contributed by atoms with E-state index in [1.54, 1.807) is 6.07 Å². The number of ether oxygens (including phenoxy) is 1. The molecule has 0 spiro atoms. The molecule has 0 aliphatic carbocycles. The number of aromatic hydroxyl groups is 1. The number of phenolic OH excluding ortho intramolecular Hbond substituents is 1. The number of phenols is 1. The molecule has 0 saturated carbocycles. The highest BCUT2D eigenvalue weighted by molar-refractivity contribution is 6.76. The molecule has 4 heteroatoms. The summed E-state index contributed by atoms with van der Waals surface area (Å²) in [5.74, 6) is -0.483. The van der Waals surface area contributed by atoms with Crippen molar-refractivity contribution in [2.24, 2.45) is 0 Å². The highest BCUT2D eigenvalue weighted by Gasteiger charge is 2.11. The molecule has 0 bridgehead atoms. The molecule has 1 aromatic carbocycles. The fourth-order valence-electron chi connectivity index (χ4n) is 1.88. The molecule has 0 aliphatic heterocycles. The van der Waals surface area contributed by atoms with E-state index in [-0.39, 0.29) is 5.75 Å². The Morgan fingerprint density at radius 3 is 2.42 bits per heavy atom. The Labute approximate surface area is 116 Å². The van der Waals surface area contributed by atoms with Crippen LogP contribution < -0.4 is 4.74 Å². The van der Waals surface area contributed by atoms with Gasteiger partial charge in [-0.2, -0.15) is 0 Å². The number of unbranched alkanes of at least 4 members (excludes halogenated alkanes) is 3. The van der Waals surface area contributed by atoms with Gasteiger partial charge in [-0.05, 0) is 18.6 Å². The normalized spacial score (nSPS) is 11.6. The molecule has 0 atom stereocenters. The minimum absolute atomic E-state index is 0.335. The van der Waals surface area contributed by atoms with Gasteiger partial charge in [-0.1, -0.05) is 44.9 Å². The highest BCUT2D eigenvalue weighted by Crippen LogP contribution is 2.21. The summed E-state index contributed by atoms with van der Waals surface area (Å²) >= 11 is 0. The summed E-state index contributed by atoms with van der Waals surface area (Å²) in [5.41, 5.74) is 0. The Hall–Kier alpha value is -1.03. The molecule has 1 aromatic rings. The van der Waals surface area contributed by atoms with E-state index >= 15 is 0 Å². The van der Waals surface area contributed by atoms with Gasteiger partial charge in [0.1, 0.15) is 5.75 Å². The van der Waals surface area contributed by atoms with Crippen molar-refractivity contribution in [3.8, 4) is 11.5 Å². The summed E-state index contributed by atoms with van der Waals surface area (Å²) in [6.45, 7) is 7.80. The van der Waals surface area contributed by atoms with E-state index in [9.17, 15) is 4.39 Å². The molecule has 0 radical (unpaired) electrons. The molecule has 0 unspecified atom stereocenters. The smallest absolute Gasteiger partial charge is 0.168 e. The monoisotopic (exact) mass is 284 g/mol. The standard InChI is InChI=1S/C15H25FO2Si/c1-19(2,3)11-7-5-4-6-10-18-13-8-9-15(17)14(16)12-13/h8-9,12,17H,4-7,10-11H2,1-3H3. The Bertz CT molecular complexity index is 388. The summed E-state index contributed by atoms with van der Waals surface area (Å²) in [6.07, 6.45) is 4.71. The van der Waals surface area contributed by atoms with Gasteiger partial charge < -0.3 is 9.84 Å². The first-order valence-electron chi connectivity index (χ1n) is 7.00. The fourth-order valence-corrected chi connectivity index (χ4v) is 3.19. The van der Waals surface area contributed by atoms with Gasteiger partial charge in [-0.3, -0.25) is 0 Å². The molecule has 0 heterocycles. The van der Waals surface area contributed by atoms with Crippen LogP contribution in [0.4, 0.5) is 4.39 Å². The van der Waals surface area contributed by atoms with Crippen molar-refractivity contribution < 1.29 is 14.2 Å². The second-order valence-electron chi connectivity index (χ2n) is 6.19. The van der Waals surface area contributed by atoms with Crippen molar-refractivity contribution in [3.05, 3.63) is 24.0 Å². The Balaban J connectivity index is 2.09. The zero-order valence-corrected chi connectivity index (χ0v) is 13.2. The molecule has 108 valence electrons. The number of halogens is 1. The number of rotatable bonds is 8. The lowest BCUT2D eigenvalue weighted by Gasteiger charge is -2.14. The van der Waals surface area contributed by atoms with E-state index in [4.69, 9.17) is 9.84 Å². The Morgan fingerprint density at radius 2 is 1.79 bits per heavy atom. The third-order valence-corrected chi connectivity index (χ3v) is 4.86. The maximum absolute atomic E-state index is 13.0. The molecule has 0 aromatic heterocycles. The van der Waals surface area contributed by atoms with E-state index in [0.29, 0.717) is 12.4 Å². The predicted octanol–water partition coefficient (Wildman–Crippen LogP) is 4.81. The number of hydrogen-bond acceptors (Lipinski definition) is 2. The van der Waals surface area contributed by atoms with Gasteiger partial charge in [0.15, 0.2) is 11.6 Å². The lowest BCUT2D eigenvalue weighted by atomic mass is 10.2. The van der Waals surface area contributed by atoms with E-state index < -0.39 is 13.9 Å². The van der Waals surface area contributed by atoms with Gasteiger partial charge in [0.2, 0.25) is 0 Å². The third-order valence-electron chi connectivity index (χ3n) is 3.01. The first-order chi connectivity index (χ1) is 8.88. The molecular weight excluding hydrogens is 259 g/mol. The van der Waals surface area contributed by atoms with Crippen LogP contribution in [0.25, 0.3) is 0 Å². The van der Waals surface area contributed by atoms with E-state index in [2.05, 4.69) is 19.6 Å². The van der Waals surface area contributed by atoms with Crippen LogP contribution in [0.15, 0.2) is 18.2 Å². The first-order valence-corrected chi connectivity index (χ1v) is 10.7. The summed E-state index contributed by atoms with van der Waals surface area (Å²) in [4.78, 5) is 0. The van der Waals surface area contributed by atoms with Crippen molar-refractivity contribution in [3.63, 3.8) is 0 Å². The molecule has 0 fully saturated rings. The molecule has 2 nitrogen and oxygen atoms in total. The Kier molecular flexibility index (Phi) is 6.35. The zero-order chi connectivity index (χ0) is 14.3. The molecule has 1 N–H and O–H groups in total. The SMILES string of the molecule is C[Si](C)(C)CCCCCCOc1ccc(O)c(F)c1. The maximum Gasteiger partial charge on any atom is 0.168 e. The molecule has 19 heavy (non-hydrogen) atoms. The number of benzene rings is 1. The summed E-state index contributed by atoms with van der Waals surface area (Å²) in [6, 6.07) is 5.51. The summed E-state index contributed by atoms with van der Waals surface area (Å²) < 4.78 is 18.5. The van der Waals surface area contributed by atoms with Gasteiger partial charge in [-0.15, -0.1) is 0 Å². The largest absolute Gasteiger partial charge is 0.505 e. The first kappa shape index (κ1) is 16.0. The lowest BCUT2D eigenvalue weighted by Crippen LogP contribution is -2.18. The molecule has 0 amide bonds. The van der Waals surface area contributed by atoms with E-state index in [0.717, 1.165) is 12.8 Å². The predicted molar refractivity (Wildman–Crippen MR) is 80.2 cm³/mol.